The molecule has 4 heteroatoms. The molecule has 0 aromatic heterocycles. The molecule has 0 radical (unpaired) electrons. The fourth-order valence-corrected chi connectivity index (χ4v) is 2.13. The highest BCUT2D eigenvalue weighted by atomic mass is 16.5. The van der Waals surface area contributed by atoms with E-state index in [1.165, 1.54) is 6.08 Å². The highest BCUT2D eigenvalue weighted by Crippen LogP contribution is 2.41. The zero-order valence-corrected chi connectivity index (χ0v) is 11.3. The van der Waals surface area contributed by atoms with Gasteiger partial charge in [-0.25, -0.2) is 0 Å². The molecule has 1 aliphatic heterocycles. The first-order valence-corrected chi connectivity index (χ1v) is 6.18. The number of allylic oxidation sites excluding steroid dienone is 1. The van der Waals surface area contributed by atoms with Crippen LogP contribution in [0, 0.1) is 0 Å². The van der Waals surface area contributed by atoms with Gasteiger partial charge in [0.05, 0.1) is 13.2 Å². The Labute approximate surface area is 112 Å². The first kappa shape index (κ1) is 13.6. The van der Waals surface area contributed by atoms with Crippen LogP contribution in [0.5, 0.6) is 11.5 Å². The largest absolute Gasteiger partial charge is 0.493 e. The number of hydrogen-bond donors (Lipinski definition) is 1. The zero-order chi connectivity index (χ0) is 14.0. The summed E-state index contributed by atoms with van der Waals surface area (Å²) in [4.78, 5) is 10.4. The second-order valence-electron chi connectivity index (χ2n) is 5.13. The van der Waals surface area contributed by atoms with Crippen molar-refractivity contribution in [1.29, 1.82) is 0 Å². The molecule has 1 atom stereocenters. The number of carbonyl (C=O) groups excluding carboxylic acids is 1. The van der Waals surface area contributed by atoms with Gasteiger partial charge in [0.15, 0.2) is 11.5 Å². The molecule has 102 valence electrons. The molecule has 0 saturated heterocycles. The minimum absolute atomic E-state index is 0.501. The third kappa shape index (κ3) is 2.63. The molecule has 2 rings (SSSR count). The molecule has 0 fully saturated rings. The predicted octanol–water partition coefficient (Wildman–Crippen LogP) is 1.98. The zero-order valence-electron chi connectivity index (χ0n) is 11.3. The smallest absolute Gasteiger partial charge is 0.165 e. The van der Waals surface area contributed by atoms with Crippen LogP contribution in [0.2, 0.25) is 0 Å². The maximum absolute atomic E-state index is 10.4. The molecule has 0 bridgehead atoms. The SMILES string of the molecule is COc1cc(C=CC=O)cc2c1OC(C)(C)[C@H](O)C2. The monoisotopic (exact) mass is 262 g/mol. The lowest BCUT2D eigenvalue weighted by atomic mass is 9.90. The Morgan fingerprint density at radius 1 is 1.47 bits per heavy atom. The molecule has 0 unspecified atom stereocenters. The second kappa shape index (κ2) is 5.05. The summed E-state index contributed by atoms with van der Waals surface area (Å²) in [5, 5.41) is 10.1. The van der Waals surface area contributed by atoms with Crippen LogP contribution in [-0.4, -0.2) is 30.2 Å². The van der Waals surface area contributed by atoms with Crippen molar-refractivity contribution in [3.05, 3.63) is 29.3 Å². The van der Waals surface area contributed by atoms with Gasteiger partial charge < -0.3 is 14.6 Å². The summed E-state index contributed by atoms with van der Waals surface area (Å²) >= 11 is 0. The lowest BCUT2D eigenvalue weighted by molar-refractivity contribution is -0.104. The molecule has 1 aromatic carbocycles. The molecule has 0 spiro atoms. The number of aldehydes is 1. The van der Waals surface area contributed by atoms with Gasteiger partial charge in [-0.05, 0) is 37.6 Å². The fraction of sp³-hybridized carbons (Fsp3) is 0.400. The summed E-state index contributed by atoms with van der Waals surface area (Å²) in [7, 11) is 1.57. The maximum atomic E-state index is 10.4. The van der Waals surface area contributed by atoms with Gasteiger partial charge in [-0.3, -0.25) is 4.79 Å². The standard InChI is InChI=1S/C15H18O4/c1-15(2)13(17)9-11-7-10(5-4-6-16)8-12(18-3)14(11)19-15/h4-8,13,17H,9H2,1-3H3/t13-/m1/s1. The van der Waals surface area contributed by atoms with E-state index >= 15 is 0 Å². The van der Waals surface area contributed by atoms with E-state index in [9.17, 15) is 9.90 Å². The van der Waals surface area contributed by atoms with Crippen LogP contribution in [0.1, 0.15) is 25.0 Å². The minimum Gasteiger partial charge on any atom is -0.493 e. The number of aliphatic hydroxyl groups excluding tert-OH is 1. The van der Waals surface area contributed by atoms with Crippen molar-refractivity contribution >= 4 is 12.4 Å². The normalized spacial score (nSPS) is 20.7. The Bertz CT molecular complexity index is 517. The highest BCUT2D eigenvalue weighted by Gasteiger charge is 2.37. The summed E-state index contributed by atoms with van der Waals surface area (Å²) in [6.07, 6.45) is 3.77. The summed E-state index contributed by atoms with van der Waals surface area (Å²) in [6.45, 7) is 3.69. The van der Waals surface area contributed by atoms with E-state index in [4.69, 9.17) is 9.47 Å². The Morgan fingerprint density at radius 3 is 2.84 bits per heavy atom. The molecule has 1 aromatic rings. The molecule has 0 amide bonds. The molecule has 19 heavy (non-hydrogen) atoms. The lowest BCUT2D eigenvalue weighted by Gasteiger charge is -2.37. The van der Waals surface area contributed by atoms with Gasteiger partial charge in [-0.15, -0.1) is 0 Å². The third-order valence-corrected chi connectivity index (χ3v) is 3.32. The summed E-state index contributed by atoms with van der Waals surface area (Å²) < 4.78 is 11.2. The first-order chi connectivity index (χ1) is 8.97. The molecule has 4 nitrogen and oxygen atoms in total. The highest BCUT2D eigenvalue weighted by molar-refractivity contribution is 5.74. The Balaban J connectivity index is 2.48. The van der Waals surface area contributed by atoms with Crippen molar-refractivity contribution in [3.8, 4) is 11.5 Å². The number of carbonyl (C=O) groups is 1. The van der Waals surface area contributed by atoms with Gasteiger partial charge in [-0.1, -0.05) is 6.08 Å². The van der Waals surface area contributed by atoms with E-state index in [-0.39, 0.29) is 0 Å². The summed E-state index contributed by atoms with van der Waals surface area (Å²) in [6, 6.07) is 3.71. The average Bonchev–Trinajstić information content (AvgIpc) is 2.37. The van der Waals surface area contributed by atoms with Crippen LogP contribution in [0.4, 0.5) is 0 Å². The average molecular weight is 262 g/mol. The molecule has 0 aliphatic carbocycles. The van der Waals surface area contributed by atoms with Crippen molar-refractivity contribution in [2.75, 3.05) is 7.11 Å². The summed E-state index contributed by atoms with van der Waals surface area (Å²) in [5.74, 6) is 1.28. The van der Waals surface area contributed by atoms with Gasteiger partial charge in [0, 0.05) is 12.0 Å². The molecular weight excluding hydrogens is 244 g/mol. The minimum atomic E-state index is -0.638. The molecule has 0 saturated carbocycles. The number of fused-ring (bicyclic) bond motifs is 1. The Hall–Kier alpha value is -1.81. The van der Waals surface area contributed by atoms with E-state index in [0.29, 0.717) is 17.9 Å². The Kier molecular flexibility index (Phi) is 3.62. The number of rotatable bonds is 3. The van der Waals surface area contributed by atoms with Gasteiger partial charge >= 0.3 is 0 Å². The van der Waals surface area contributed by atoms with Gasteiger partial charge in [0.2, 0.25) is 0 Å². The van der Waals surface area contributed by atoms with Gasteiger partial charge in [0.25, 0.3) is 0 Å². The van der Waals surface area contributed by atoms with Crippen molar-refractivity contribution in [3.63, 3.8) is 0 Å². The number of methoxy groups -OCH3 is 1. The van der Waals surface area contributed by atoms with Crippen molar-refractivity contribution in [1.82, 2.24) is 0 Å². The van der Waals surface area contributed by atoms with Crippen LogP contribution in [0.15, 0.2) is 18.2 Å². The fourth-order valence-electron chi connectivity index (χ4n) is 2.13. The maximum Gasteiger partial charge on any atom is 0.165 e. The second-order valence-corrected chi connectivity index (χ2v) is 5.13. The number of hydrogen-bond acceptors (Lipinski definition) is 4. The van der Waals surface area contributed by atoms with E-state index in [0.717, 1.165) is 17.4 Å². The van der Waals surface area contributed by atoms with Crippen LogP contribution < -0.4 is 9.47 Å². The topological polar surface area (TPSA) is 55.8 Å². The van der Waals surface area contributed by atoms with Crippen molar-refractivity contribution < 1.29 is 19.4 Å². The molecule has 1 aliphatic rings. The molecular formula is C15H18O4. The van der Waals surface area contributed by atoms with Crippen LogP contribution in [-0.2, 0) is 11.2 Å². The van der Waals surface area contributed by atoms with E-state index in [2.05, 4.69) is 0 Å². The number of ether oxygens (including phenoxy) is 2. The van der Waals surface area contributed by atoms with Crippen molar-refractivity contribution in [2.24, 2.45) is 0 Å². The lowest BCUT2D eigenvalue weighted by Crippen LogP contribution is -2.46. The van der Waals surface area contributed by atoms with Gasteiger partial charge in [-0.2, -0.15) is 0 Å². The Morgan fingerprint density at radius 2 is 2.21 bits per heavy atom. The quantitative estimate of drug-likeness (QED) is 0.668. The first-order valence-electron chi connectivity index (χ1n) is 6.18. The van der Waals surface area contributed by atoms with E-state index < -0.39 is 11.7 Å². The number of benzene rings is 1. The van der Waals surface area contributed by atoms with Crippen LogP contribution in [0.25, 0.3) is 6.08 Å². The molecule has 1 heterocycles. The molecule has 1 N–H and O–H groups in total. The van der Waals surface area contributed by atoms with Crippen LogP contribution in [0.3, 0.4) is 0 Å². The van der Waals surface area contributed by atoms with E-state index in [1.54, 1.807) is 13.2 Å². The van der Waals surface area contributed by atoms with Crippen LogP contribution >= 0.6 is 0 Å². The predicted molar refractivity (Wildman–Crippen MR) is 72.5 cm³/mol. The summed E-state index contributed by atoms with van der Waals surface area (Å²) in [5.41, 5.74) is 1.09. The van der Waals surface area contributed by atoms with E-state index in [1.807, 2.05) is 26.0 Å². The number of aliphatic hydroxyl groups is 1. The van der Waals surface area contributed by atoms with Gasteiger partial charge in [0.1, 0.15) is 11.9 Å². The van der Waals surface area contributed by atoms with Crippen molar-refractivity contribution in [2.45, 2.75) is 32.0 Å². The third-order valence-electron chi connectivity index (χ3n) is 3.32.